The van der Waals surface area contributed by atoms with Crippen LogP contribution in [0, 0.1) is 0 Å². The van der Waals surface area contributed by atoms with Gasteiger partial charge in [-0.3, -0.25) is 4.98 Å². The second-order valence-electron chi connectivity index (χ2n) is 7.31. The SMILES string of the molecule is COc1c(Nc2cccnc2)nc(N2CCOCC2)nc1-c1cccc(/C(N)=C/C=C\N)c1. The van der Waals surface area contributed by atoms with E-state index in [4.69, 9.17) is 30.9 Å². The number of hydrogen-bond donors (Lipinski definition) is 3. The highest BCUT2D eigenvalue weighted by atomic mass is 16.5. The number of pyridine rings is 1. The third kappa shape index (κ3) is 5.21. The second-order valence-corrected chi connectivity index (χ2v) is 7.31. The fraction of sp³-hybridized carbons (Fsp3) is 0.208. The van der Waals surface area contributed by atoms with Gasteiger partial charge in [0.05, 0.1) is 32.2 Å². The summed E-state index contributed by atoms with van der Waals surface area (Å²) >= 11 is 0. The van der Waals surface area contributed by atoms with Gasteiger partial charge in [-0.15, -0.1) is 0 Å². The number of nitrogens with one attached hydrogen (secondary N) is 1. The lowest BCUT2D eigenvalue weighted by atomic mass is 10.0. The molecule has 0 aliphatic carbocycles. The van der Waals surface area contributed by atoms with Crippen LogP contribution in [0.5, 0.6) is 5.75 Å². The molecule has 9 nitrogen and oxygen atoms in total. The molecule has 1 aromatic carbocycles. The molecular weight excluding hydrogens is 418 g/mol. The highest BCUT2D eigenvalue weighted by molar-refractivity contribution is 5.79. The largest absolute Gasteiger partial charge is 0.491 e. The van der Waals surface area contributed by atoms with Gasteiger partial charge in [0.2, 0.25) is 5.95 Å². The molecule has 0 unspecified atom stereocenters. The van der Waals surface area contributed by atoms with Crippen LogP contribution in [0.4, 0.5) is 17.5 Å². The molecule has 9 heteroatoms. The monoisotopic (exact) mass is 445 g/mol. The van der Waals surface area contributed by atoms with Gasteiger partial charge in [0.15, 0.2) is 11.6 Å². The maximum Gasteiger partial charge on any atom is 0.228 e. The van der Waals surface area contributed by atoms with Crippen molar-refractivity contribution >= 4 is 23.2 Å². The lowest BCUT2D eigenvalue weighted by Gasteiger charge is -2.28. The van der Waals surface area contributed by atoms with Crippen LogP contribution in [0.25, 0.3) is 17.0 Å². The zero-order valence-electron chi connectivity index (χ0n) is 18.4. The molecule has 33 heavy (non-hydrogen) atoms. The number of anilines is 3. The molecule has 3 heterocycles. The second kappa shape index (κ2) is 10.5. The molecule has 0 spiro atoms. The van der Waals surface area contributed by atoms with Gasteiger partial charge in [-0.05, 0) is 42.1 Å². The zero-order chi connectivity index (χ0) is 23.0. The van der Waals surface area contributed by atoms with Crippen LogP contribution >= 0.6 is 0 Å². The predicted octanol–water partition coefficient (Wildman–Crippen LogP) is 2.90. The van der Waals surface area contributed by atoms with Gasteiger partial charge in [0, 0.05) is 30.5 Å². The van der Waals surface area contributed by atoms with Crippen molar-refractivity contribution in [2.24, 2.45) is 11.5 Å². The molecular formula is C24H27N7O2. The minimum Gasteiger partial charge on any atom is -0.491 e. The van der Waals surface area contributed by atoms with Crippen LogP contribution in [-0.4, -0.2) is 48.4 Å². The Balaban J connectivity index is 1.83. The van der Waals surface area contributed by atoms with Crippen molar-refractivity contribution in [3.05, 3.63) is 72.7 Å². The fourth-order valence-electron chi connectivity index (χ4n) is 3.49. The van der Waals surface area contributed by atoms with E-state index in [1.165, 1.54) is 6.20 Å². The standard InChI is InChI=1S/C24H27N7O2/c1-32-22-21(18-6-2-5-17(15-18)20(26)8-3-9-25)29-24(31-11-13-33-14-12-31)30-23(22)28-19-7-4-10-27-16-19/h2-10,15-16H,11-14,25-26H2,1H3,(H,28,29,30)/b9-3-,20-8-. The molecule has 0 amide bonds. The van der Waals surface area contributed by atoms with E-state index >= 15 is 0 Å². The van der Waals surface area contributed by atoms with E-state index in [0.29, 0.717) is 55.2 Å². The summed E-state index contributed by atoms with van der Waals surface area (Å²) in [6, 6.07) is 11.6. The zero-order valence-corrected chi connectivity index (χ0v) is 18.4. The van der Waals surface area contributed by atoms with Gasteiger partial charge in [0.1, 0.15) is 5.69 Å². The summed E-state index contributed by atoms with van der Waals surface area (Å²) in [5.74, 6) is 1.68. The molecule has 0 saturated carbocycles. The van der Waals surface area contributed by atoms with Crippen molar-refractivity contribution in [2.75, 3.05) is 43.6 Å². The normalized spacial score (nSPS) is 14.5. The Morgan fingerprint density at radius 3 is 2.76 bits per heavy atom. The molecule has 5 N–H and O–H groups in total. The molecule has 0 bridgehead atoms. The summed E-state index contributed by atoms with van der Waals surface area (Å²) in [5.41, 5.74) is 15.4. The molecule has 1 saturated heterocycles. The van der Waals surface area contributed by atoms with Crippen molar-refractivity contribution in [3.8, 4) is 17.0 Å². The lowest BCUT2D eigenvalue weighted by molar-refractivity contribution is 0.122. The molecule has 2 aromatic heterocycles. The van der Waals surface area contributed by atoms with Gasteiger partial charge in [-0.25, -0.2) is 4.98 Å². The maximum atomic E-state index is 6.23. The number of morpholine rings is 1. The summed E-state index contributed by atoms with van der Waals surface area (Å²) in [7, 11) is 1.61. The first kappa shape index (κ1) is 22.1. The topological polar surface area (TPSA) is 124 Å². The van der Waals surface area contributed by atoms with Crippen LogP contribution in [0.2, 0.25) is 0 Å². The van der Waals surface area contributed by atoms with Gasteiger partial charge < -0.3 is 31.2 Å². The number of benzene rings is 1. The molecule has 0 atom stereocenters. The average molecular weight is 446 g/mol. The number of hydrogen-bond acceptors (Lipinski definition) is 9. The summed E-state index contributed by atoms with van der Waals surface area (Å²) in [5, 5.41) is 3.32. The molecule has 1 aliphatic heterocycles. The number of rotatable bonds is 7. The van der Waals surface area contributed by atoms with Crippen molar-refractivity contribution in [3.63, 3.8) is 0 Å². The summed E-state index contributed by atoms with van der Waals surface area (Å²) in [6.07, 6.45) is 8.34. The van der Waals surface area contributed by atoms with Crippen molar-refractivity contribution < 1.29 is 9.47 Å². The predicted molar refractivity (Wildman–Crippen MR) is 130 cm³/mol. The van der Waals surface area contributed by atoms with Gasteiger partial charge in [-0.1, -0.05) is 18.2 Å². The van der Waals surface area contributed by atoms with Crippen LogP contribution in [-0.2, 0) is 4.74 Å². The molecule has 170 valence electrons. The van der Waals surface area contributed by atoms with E-state index in [2.05, 4.69) is 15.2 Å². The van der Waals surface area contributed by atoms with Gasteiger partial charge in [0.25, 0.3) is 0 Å². The maximum absolute atomic E-state index is 6.23. The first-order valence-corrected chi connectivity index (χ1v) is 10.6. The molecule has 1 aliphatic rings. The van der Waals surface area contributed by atoms with E-state index in [1.54, 1.807) is 31.7 Å². The van der Waals surface area contributed by atoms with Crippen LogP contribution < -0.4 is 26.4 Å². The Morgan fingerprint density at radius 1 is 1.18 bits per heavy atom. The minimum absolute atomic E-state index is 0.525. The summed E-state index contributed by atoms with van der Waals surface area (Å²) < 4.78 is 11.3. The van der Waals surface area contributed by atoms with Crippen LogP contribution in [0.1, 0.15) is 5.56 Å². The average Bonchev–Trinajstić information content (AvgIpc) is 2.88. The van der Waals surface area contributed by atoms with Crippen molar-refractivity contribution in [2.45, 2.75) is 0 Å². The molecule has 3 aromatic rings. The number of methoxy groups -OCH3 is 1. The third-order valence-corrected chi connectivity index (χ3v) is 5.13. The first-order chi connectivity index (χ1) is 16.2. The van der Waals surface area contributed by atoms with E-state index in [1.807, 2.05) is 36.4 Å². The Morgan fingerprint density at radius 2 is 2.03 bits per heavy atom. The Hall–Kier alpha value is -4.11. The number of nitrogens with two attached hydrogens (primary N) is 2. The smallest absolute Gasteiger partial charge is 0.228 e. The fourth-order valence-corrected chi connectivity index (χ4v) is 3.49. The van der Waals surface area contributed by atoms with Crippen LogP contribution in [0.3, 0.4) is 0 Å². The summed E-state index contributed by atoms with van der Waals surface area (Å²) in [6.45, 7) is 2.67. The molecule has 4 rings (SSSR count). The quantitative estimate of drug-likeness (QED) is 0.471. The van der Waals surface area contributed by atoms with Crippen molar-refractivity contribution in [1.82, 2.24) is 15.0 Å². The molecule has 1 fully saturated rings. The Labute approximate surface area is 192 Å². The minimum atomic E-state index is 0.525. The number of allylic oxidation sites excluding steroid dienone is 2. The summed E-state index contributed by atoms with van der Waals surface area (Å²) in [4.78, 5) is 15.9. The van der Waals surface area contributed by atoms with E-state index in [0.717, 1.165) is 16.8 Å². The van der Waals surface area contributed by atoms with Crippen molar-refractivity contribution in [1.29, 1.82) is 0 Å². The Kier molecular flexibility index (Phi) is 7.01. The number of ether oxygens (including phenoxy) is 2. The molecule has 0 radical (unpaired) electrons. The first-order valence-electron chi connectivity index (χ1n) is 10.6. The van der Waals surface area contributed by atoms with E-state index in [9.17, 15) is 0 Å². The van der Waals surface area contributed by atoms with Gasteiger partial charge in [-0.2, -0.15) is 4.98 Å². The number of nitrogens with zero attached hydrogens (tertiary/aromatic N) is 4. The highest BCUT2D eigenvalue weighted by Gasteiger charge is 2.22. The number of aromatic nitrogens is 3. The van der Waals surface area contributed by atoms with Gasteiger partial charge >= 0.3 is 0 Å². The highest BCUT2D eigenvalue weighted by Crippen LogP contribution is 2.37. The Bertz CT molecular complexity index is 1140. The van der Waals surface area contributed by atoms with Crippen LogP contribution in [0.15, 0.2) is 67.1 Å². The third-order valence-electron chi connectivity index (χ3n) is 5.13. The van der Waals surface area contributed by atoms with E-state index < -0.39 is 0 Å². The lowest BCUT2D eigenvalue weighted by Crippen LogP contribution is -2.37. The van der Waals surface area contributed by atoms with E-state index in [-0.39, 0.29) is 0 Å².